The molecule has 0 spiro atoms. The largest absolute Gasteiger partial charge is 0.497 e. The molecule has 35 heavy (non-hydrogen) atoms. The highest BCUT2D eigenvalue weighted by Gasteiger charge is 2.23. The van der Waals surface area contributed by atoms with Crippen LogP contribution in [0.4, 0.5) is 0 Å². The van der Waals surface area contributed by atoms with Gasteiger partial charge in [0.15, 0.2) is 5.84 Å². The molecule has 1 aromatic carbocycles. The summed E-state index contributed by atoms with van der Waals surface area (Å²) in [6, 6.07) is 3.96. The number of hydrogen-bond acceptors (Lipinski definition) is 7. The standard InChI is InChI=1S/C16H30N6O2.C9H12OS/c1-18-13-14(23)19-15(17)16(24)22-11-9-21(10-12-22)8-4-7-20-5-2-3-6-20;1-6-4-8(10-3)5-7(2)9(6)11/h18H,2-13H2,1H3,(H2,17,19,23);4-5,11H,1-3H3. The SMILES string of the molecule is CNCC(=O)N=C(N)C(=O)N1CCN(CCCN2CCCC2)CC1.COc1cc(C)c(S)c(C)c1. The number of likely N-dealkylation sites (N-methyl/N-ethyl adjacent to an activating group) is 1. The van der Waals surface area contributed by atoms with E-state index in [1.807, 2.05) is 26.0 Å². The zero-order chi connectivity index (χ0) is 25.8. The molecule has 0 aliphatic carbocycles. The van der Waals surface area contributed by atoms with Crippen LogP contribution in [0.1, 0.15) is 30.4 Å². The second-order valence-corrected chi connectivity index (χ2v) is 9.51. The molecule has 3 N–H and O–H groups in total. The Kier molecular flexibility index (Phi) is 12.5. The van der Waals surface area contributed by atoms with E-state index in [2.05, 4.69) is 32.7 Å². The van der Waals surface area contributed by atoms with Gasteiger partial charge in [-0.1, -0.05) is 0 Å². The van der Waals surface area contributed by atoms with Gasteiger partial charge in [-0.05, 0) is 89.6 Å². The molecular formula is C25H42N6O3S. The maximum absolute atomic E-state index is 12.2. The van der Waals surface area contributed by atoms with Crippen LogP contribution < -0.4 is 15.8 Å². The number of nitrogens with two attached hydrogens (primary N) is 1. The van der Waals surface area contributed by atoms with Gasteiger partial charge in [-0.15, -0.1) is 12.6 Å². The van der Waals surface area contributed by atoms with Gasteiger partial charge >= 0.3 is 0 Å². The summed E-state index contributed by atoms with van der Waals surface area (Å²) in [5, 5.41) is 2.69. The highest BCUT2D eigenvalue weighted by molar-refractivity contribution is 7.80. The number of piperazine rings is 1. The van der Waals surface area contributed by atoms with Crippen molar-refractivity contribution in [1.29, 1.82) is 0 Å². The van der Waals surface area contributed by atoms with Crippen LogP contribution in [0.2, 0.25) is 0 Å². The summed E-state index contributed by atoms with van der Waals surface area (Å²) in [5.74, 6) is -0.0735. The number of rotatable bonds is 7. The number of carbonyl (C=O) groups excluding carboxylic acids is 2. The third-order valence-electron chi connectivity index (χ3n) is 6.30. The maximum Gasteiger partial charge on any atom is 0.289 e. The molecule has 2 fully saturated rings. The van der Waals surface area contributed by atoms with E-state index in [1.54, 1.807) is 19.1 Å². The number of carbonyl (C=O) groups is 2. The van der Waals surface area contributed by atoms with Crippen LogP contribution >= 0.6 is 12.6 Å². The molecule has 196 valence electrons. The molecule has 2 heterocycles. The molecule has 9 nitrogen and oxygen atoms in total. The highest BCUT2D eigenvalue weighted by atomic mass is 32.1. The monoisotopic (exact) mass is 506 g/mol. The minimum absolute atomic E-state index is 0.0821. The number of benzene rings is 1. The average Bonchev–Trinajstić information content (AvgIpc) is 3.36. The number of thiol groups is 1. The lowest BCUT2D eigenvalue weighted by Gasteiger charge is -2.34. The first-order chi connectivity index (χ1) is 16.7. The van der Waals surface area contributed by atoms with Gasteiger partial charge in [-0.3, -0.25) is 14.5 Å². The van der Waals surface area contributed by atoms with Crippen LogP contribution in [0.25, 0.3) is 0 Å². The number of ether oxygens (including phenoxy) is 1. The van der Waals surface area contributed by atoms with Crippen molar-refractivity contribution in [1.82, 2.24) is 20.0 Å². The summed E-state index contributed by atoms with van der Waals surface area (Å²) in [7, 11) is 3.32. The number of amides is 2. The van der Waals surface area contributed by atoms with Crippen molar-refractivity contribution < 1.29 is 14.3 Å². The van der Waals surface area contributed by atoms with Crippen molar-refractivity contribution >= 4 is 30.3 Å². The van der Waals surface area contributed by atoms with Crippen LogP contribution in [0.3, 0.4) is 0 Å². The Morgan fingerprint density at radius 3 is 2.09 bits per heavy atom. The van der Waals surface area contributed by atoms with E-state index in [1.165, 1.54) is 38.9 Å². The van der Waals surface area contributed by atoms with E-state index < -0.39 is 5.91 Å². The molecular weight excluding hydrogens is 464 g/mol. The summed E-state index contributed by atoms with van der Waals surface area (Å²) in [6.45, 7) is 11.8. The number of amidine groups is 1. The lowest BCUT2D eigenvalue weighted by Crippen LogP contribution is -2.52. The lowest BCUT2D eigenvalue weighted by atomic mass is 10.1. The van der Waals surface area contributed by atoms with Crippen molar-refractivity contribution in [2.45, 2.75) is 38.0 Å². The Balaban J connectivity index is 0.000000328. The molecule has 0 radical (unpaired) electrons. The number of methoxy groups -OCH3 is 1. The topological polar surface area (TPSA) is 104 Å². The fourth-order valence-corrected chi connectivity index (χ4v) is 4.40. The maximum atomic E-state index is 12.2. The van der Waals surface area contributed by atoms with Gasteiger partial charge in [0, 0.05) is 31.1 Å². The van der Waals surface area contributed by atoms with Crippen molar-refractivity contribution in [2.75, 3.05) is 73.1 Å². The van der Waals surface area contributed by atoms with Crippen LogP contribution in [0.5, 0.6) is 5.75 Å². The quantitative estimate of drug-likeness (QED) is 0.291. The predicted molar refractivity (Wildman–Crippen MR) is 144 cm³/mol. The molecule has 0 saturated carbocycles. The molecule has 2 aliphatic heterocycles. The summed E-state index contributed by atoms with van der Waals surface area (Å²) in [6.07, 6.45) is 3.84. The molecule has 10 heteroatoms. The Labute approximate surface area is 215 Å². The van der Waals surface area contributed by atoms with E-state index in [4.69, 9.17) is 10.5 Å². The van der Waals surface area contributed by atoms with Gasteiger partial charge in [0.1, 0.15) is 5.75 Å². The molecule has 0 aromatic heterocycles. The van der Waals surface area contributed by atoms with Gasteiger partial charge in [0.2, 0.25) is 0 Å². The Bertz CT molecular complexity index is 842. The van der Waals surface area contributed by atoms with Gasteiger partial charge < -0.3 is 25.6 Å². The molecule has 3 rings (SSSR count). The van der Waals surface area contributed by atoms with Crippen LogP contribution in [-0.2, 0) is 9.59 Å². The third kappa shape index (κ3) is 9.79. The number of nitrogens with zero attached hydrogens (tertiary/aromatic N) is 4. The minimum Gasteiger partial charge on any atom is -0.497 e. The minimum atomic E-state index is -0.427. The number of likely N-dealkylation sites (tertiary alicyclic amines) is 1. The molecule has 0 unspecified atom stereocenters. The third-order valence-corrected chi connectivity index (χ3v) is 7.00. The average molecular weight is 507 g/mol. The Morgan fingerprint density at radius 2 is 1.57 bits per heavy atom. The summed E-state index contributed by atoms with van der Waals surface area (Å²) >= 11 is 4.34. The Hall–Kier alpha value is -2.14. The summed E-state index contributed by atoms with van der Waals surface area (Å²) in [5.41, 5.74) is 7.97. The van der Waals surface area contributed by atoms with Crippen molar-refractivity contribution in [2.24, 2.45) is 10.7 Å². The van der Waals surface area contributed by atoms with Gasteiger partial charge in [-0.2, -0.15) is 4.99 Å². The Morgan fingerprint density at radius 1 is 1.03 bits per heavy atom. The van der Waals surface area contributed by atoms with E-state index in [0.29, 0.717) is 13.1 Å². The molecule has 1 aromatic rings. The van der Waals surface area contributed by atoms with Gasteiger partial charge in [0.05, 0.1) is 13.7 Å². The van der Waals surface area contributed by atoms with Gasteiger partial charge in [0.25, 0.3) is 11.8 Å². The summed E-state index contributed by atoms with van der Waals surface area (Å²) < 4.78 is 5.10. The van der Waals surface area contributed by atoms with Crippen molar-refractivity contribution in [3.05, 3.63) is 23.3 Å². The molecule has 2 amide bonds. The second kappa shape index (κ2) is 15.1. The van der Waals surface area contributed by atoms with E-state index in [9.17, 15) is 9.59 Å². The molecule has 0 bridgehead atoms. The fraction of sp³-hybridized carbons (Fsp3) is 0.640. The van der Waals surface area contributed by atoms with E-state index in [0.717, 1.165) is 41.4 Å². The number of nitrogens with one attached hydrogen (secondary N) is 1. The van der Waals surface area contributed by atoms with Gasteiger partial charge in [-0.25, -0.2) is 0 Å². The predicted octanol–water partition coefficient (Wildman–Crippen LogP) is 1.32. The lowest BCUT2D eigenvalue weighted by molar-refractivity contribution is -0.126. The van der Waals surface area contributed by atoms with Crippen molar-refractivity contribution in [3.8, 4) is 5.75 Å². The first kappa shape index (κ1) is 29.1. The van der Waals surface area contributed by atoms with Crippen LogP contribution in [-0.4, -0.2) is 105 Å². The first-order valence-corrected chi connectivity index (χ1v) is 12.8. The van der Waals surface area contributed by atoms with Crippen molar-refractivity contribution in [3.63, 3.8) is 0 Å². The molecule has 2 aliphatic rings. The van der Waals surface area contributed by atoms with E-state index in [-0.39, 0.29) is 18.3 Å². The van der Waals surface area contributed by atoms with Crippen LogP contribution in [0.15, 0.2) is 22.0 Å². The highest BCUT2D eigenvalue weighted by Crippen LogP contribution is 2.23. The zero-order valence-electron chi connectivity index (χ0n) is 21.7. The normalized spacial score (nSPS) is 17.2. The fourth-order valence-electron chi connectivity index (χ4n) is 4.27. The number of hydrogen-bond donors (Lipinski definition) is 3. The zero-order valence-corrected chi connectivity index (χ0v) is 22.6. The van der Waals surface area contributed by atoms with Crippen LogP contribution in [0, 0.1) is 13.8 Å². The summed E-state index contributed by atoms with van der Waals surface area (Å²) in [4.78, 5) is 34.9. The van der Waals surface area contributed by atoms with E-state index >= 15 is 0 Å². The second-order valence-electron chi connectivity index (χ2n) is 9.07. The number of aryl methyl sites for hydroxylation is 2. The number of aliphatic imine (C=N–C) groups is 1. The molecule has 0 atom stereocenters. The first-order valence-electron chi connectivity index (χ1n) is 12.3. The molecule has 2 saturated heterocycles. The smallest absolute Gasteiger partial charge is 0.289 e.